The zero-order chi connectivity index (χ0) is 69.5. The highest BCUT2D eigenvalue weighted by Crippen LogP contribution is 2.35. The molecule has 6 rings (SSSR count). The number of carbonyl (C=O) groups is 4. The van der Waals surface area contributed by atoms with Crippen LogP contribution in [0.4, 0.5) is 0 Å². The van der Waals surface area contributed by atoms with Crippen molar-refractivity contribution in [1.29, 1.82) is 0 Å². The van der Waals surface area contributed by atoms with Crippen molar-refractivity contribution in [3.63, 3.8) is 0 Å². The van der Waals surface area contributed by atoms with E-state index in [4.69, 9.17) is 18.9 Å². The highest BCUT2D eigenvalue weighted by Gasteiger charge is 2.22. The molecule has 0 amide bonds. The van der Waals surface area contributed by atoms with Crippen molar-refractivity contribution in [1.82, 2.24) is 40.9 Å². The fourth-order valence-corrected chi connectivity index (χ4v) is 14.7. The molecule has 528 valence electrons. The van der Waals surface area contributed by atoms with E-state index in [0.717, 1.165) is 233 Å². The van der Waals surface area contributed by atoms with Gasteiger partial charge in [-0.15, -0.1) is 0 Å². The standard InChI is InChI=1S/C38H52Br4N4O4.C38H56N4O4/c1-5-45(25-27-19-29(39)21-31(41)37(27)49-3)17-13-9-7-11-15-43-33-23-36(48)34(24-35(33)47)44-16-12-8-10-14-18-46(6-2)26-28-20-30(40)22-32(42)38(28)50-4;1-5-41(29-31-19-11-13-21-37(31)45-3)25-17-9-7-15-23-39-33-27-36(44)34(28-35(33)43)40-24-16-8-10-18-26-42(6-2)30-32-20-12-14-22-38(32)46-4/h19-24,43-44H,5-18,25-26H2,1-4H3;11-14,19-22,27-28,39-40H,5-10,15-18,23-26,29-30H2,1-4H3. The summed E-state index contributed by atoms with van der Waals surface area (Å²) in [5.41, 5.74) is 6.32. The SMILES string of the molecule is CCN(CCCCCCNC1=CC(=O)C(NCCCCCCN(CC)Cc2cc(Br)cc(Br)c2OC)=CC1=O)Cc1cc(Br)cc(Br)c1OC.CCN(CCCCCCNC1=CC(=O)C(NCCCCCCN(CC)Cc2ccccc2OC)=CC1=O)Cc1ccccc1OC. The number of allylic oxidation sites excluding steroid dienone is 4. The van der Waals surface area contributed by atoms with Gasteiger partial charge in [0.15, 0.2) is 0 Å². The summed E-state index contributed by atoms with van der Waals surface area (Å²) in [6.45, 7) is 22.9. The number of carbonyl (C=O) groups excluding carboxylic acids is 4. The van der Waals surface area contributed by atoms with Gasteiger partial charge in [0.2, 0.25) is 23.1 Å². The summed E-state index contributed by atoms with van der Waals surface area (Å²) in [6.07, 6.45) is 22.8. The maximum absolute atomic E-state index is 12.7. The van der Waals surface area contributed by atoms with Crippen LogP contribution in [0, 0.1) is 0 Å². The molecule has 4 aromatic rings. The van der Waals surface area contributed by atoms with E-state index in [2.05, 4.69) is 169 Å². The van der Waals surface area contributed by atoms with E-state index in [0.29, 0.717) is 49.0 Å². The fourth-order valence-electron chi connectivity index (χ4n) is 11.8. The topological polar surface area (TPSA) is 166 Å². The molecule has 4 N–H and O–H groups in total. The van der Waals surface area contributed by atoms with Crippen molar-refractivity contribution in [3.8, 4) is 23.0 Å². The molecule has 0 saturated carbocycles. The van der Waals surface area contributed by atoms with E-state index in [9.17, 15) is 19.2 Å². The molecule has 0 aliphatic heterocycles. The molecule has 0 spiro atoms. The summed E-state index contributed by atoms with van der Waals surface area (Å²) in [5.74, 6) is 3.09. The molecule has 20 heteroatoms. The molecule has 2 aliphatic rings. The summed E-state index contributed by atoms with van der Waals surface area (Å²) < 4.78 is 26.2. The quantitative estimate of drug-likeness (QED) is 0.0243. The van der Waals surface area contributed by atoms with Gasteiger partial charge in [-0.2, -0.15) is 0 Å². The zero-order valence-corrected chi connectivity index (χ0v) is 64.8. The first kappa shape index (κ1) is 81.4. The Morgan fingerprint density at radius 2 is 0.594 bits per heavy atom. The highest BCUT2D eigenvalue weighted by atomic mass is 79.9. The summed E-state index contributed by atoms with van der Waals surface area (Å²) in [6, 6.07) is 24.6. The first-order valence-electron chi connectivity index (χ1n) is 34.7. The monoisotopic (exact) mass is 1580 g/mol. The molecule has 0 bridgehead atoms. The lowest BCUT2D eigenvalue weighted by Crippen LogP contribution is -2.30. The number of unbranched alkanes of at least 4 members (excludes halogenated alkanes) is 12. The molecule has 96 heavy (non-hydrogen) atoms. The number of rotatable bonds is 48. The van der Waals surface area contributed by atoms with Crippen molar-refractivity contribution in [2.45, 2.75) is 157 Å². The van der Waals surface area contributed by atoms with Crippen molar-refractivity contribution in [2.24, 2.45) is 0 Å². The van der Waals surface area contributed by atoms with E-state index >= 15 is 0 Å². The van der Waals surface area contributed by atoms with Crippen LogP contribution < -0.4 is 40.2 Å². The number of ketones is 4. The summed E-state index contributed by atoms with van der Waals surface area (Å²) in [5, 5.41) is 12.8. The van der Waals surface area contributed by atoms with E-state index in [1.807, 2.05) is 36.4 Å². The normalized spacial score (nSPS) is 13.2. The predicted molar refractivity (Wildman–Crippen MR) is 405 cm³/mol. The molecule has 2 aliphatic carbocycles. The number of para-hydroxylation sites is 2. The third-order valence-electron chi connectivity index (χ3n) is 17.4. The number of hydrogen-bond acceptors (Lipinski definition) is 16. The van der Waals surface area contributed by atoms with Gasteiger partial charge in [-0.25, -0.2) is 0 Å². The van der Waals surface area contributed by atoms with Crippen LogP contribution in [0.2, 0.25) is 0 Å². The lowest BCUT2D eigenvalue weighted by atomic mass is 10.1. The van der Waals surface area contributed by atoms with Crippen LogP contribution in [0.15, 0.2) is 138 Å². The second-order valence-electron chi connectivity index (χ2n) is 24.3. The first-order valence-corrected chi connectivity index (χ1v) is 37.9. The van der Waals surface area contributed by atoms with Crippen molar-refractivity contribution < 1.29 is 38.1 Å². The van der Waals surface area contributed by atoms with E-state index in [1.165, 1.54) is 35.4 Å². The van der Waals surface area contributed by atoms with E-state index in [1.54, 1.807) is 28.4 Å². The molecule has 0 unspecified atom stereocenters. The molecule has 0 saturated heterocycles. The van der Waals surface area contributed by atoms with Gasteiger partial charge in [-0.1, -0.05) is 147 Å². The van der Waals surface area contributed by atoms with Crippen LogP contribution in [0.25, 0.3) is 0 Å². The molecular formula is C76H108Br4N8O8. The number of halogens is 4. The van der Waals surface area contributed by atoms with Crippen LogP contribution in [0.3, 0.4) is 0 Å². The van der Waals surface area contributed by atoms with Gasteiger partial charge in [-0.3, -0.25) is 38.8 Å². The highest BCUT2D eigenvalue weighted by molar-refractivity contribution is 9.11. The molecule has 4 aromatic carbocycles. The first-order chi connectivity index (χ1) is 46.6. The minimum atomic E-state index is -0.144. The van der Waals surface area contributed by atoms with Gasteiger partial charge in [0.25, 0.3) is 0 Å². The number of methoxy groups -OCH3 is 4. The summed E-state index contributed by atoms with van der Waals surface area (Å²) >= 11 is 14.4. The number of ether oxygens (including phenoxy) is 4. The predicted octanol–water partition coefficient (Wildman–Crippen LogP) is 15.6. The Labute approximate surface area is 608 Å². The van der Waals surface area contributed by atoms with Gasteiger partial charge in [0, 0.05) is 108 Å². The van der Waals surface area contributed by atoms with Gasteiger partial charge in [0.1, 0.15) is 23.0 Å². The Bertz CT molecular complexity index is 2970. The molecule has 0 atom stereocenters. The Morgan fingerprint density at radius 3 is 0.854 bits per heavy atom. The zero-order valence-electron chi connectivity index (χ0n) is 58.4. The van der Waals surface area contributed by atoms with Gasteiger partial charge in [-0.05, 0) is 172 Å². The lowest BCUT2D eigenvalue weighted by Gasteiger charge is -2.22. The average molecular weight is 1580 g/mol. The van der Waals surface area contributed by atoms with Crippen LogP contribution in [-0.4, -0.2) is 150 Å². The van der Waals surface area contributed by atoms with Crippen molar-refractivity contribution in [3.05, 3.63) is 160 Å². The molecule has 16 nitrogen and oxygen atoms in total. The van der Waals surface area contributed by atoms with Gasteiger partial charge in [0.05, 0.1) is 60.2 Å². The lowest BCUT2D eigenvalue weighted by molar-refractivity contribution is -0.115. The summed E-state index contributed by atoms with van der Waals surface area (Å²) in [4.78, 5) is 60.4. The Hall–Kier alpha value is -5.32. The Kier molecular flexibility index (Phi) is 39.7. The van der Waals surface area contributed by atoms with Crippen LogP contribution >= 0.6 is 63.7 Å². The van der Waals surface area contributed by atoms with Crippen LogP contribution in [0.1, 0.15) is 153 Å². The molecule has 0 fully saturated rings. The molecular weight excluding hydrogens is 1470 g/mol. The van der Waals surface area contributed by atoms with Crippen LogP contribution in [0.5, 0.6) is 23.0 Å². The van der Waals surface area contributed by atoms with Gasteiger partial charge < -0.3 is 40.2 Å². The van der Waals surface area contributed by atoms with E-state index in [-0.39, 0.29) is 23.1 Å². The molecule has 0 heterocycles. The minimum absolute atomic E-state index is 0.133. The second-order valence-corrected chi connectivity index (χ2v) is 27.9. The number of hydrogen-bond donors (Lipinski definition) is 4. The van der Waals surface area contributed by atoms with Crippen molar-refractivity contribution in [2.75, 3.05) is 107 Å². The average Bonchev–Trinajstić information content (AvgIpc) is 0.976. The van der Waals surface area contributed by atoms with Crippen LogP contribution in [-0.2, 0) is 45.4 Å². The third-order valence-corrected chi connectivity index (χ3v) is 19.5. The Morgan fingerprint density at radius 1 is 0.333 bits per heavy atom. The maximum atomic E-state index is 12.7. The second kappa shape index (κ2) is 46.9. The summed E-state index contributed by atoms with van der Waals surface area (Å²) in [7, 11) is 6.85. The van der Waals surface area contributed by atoms with Crippen molar-refractivity contribution >= 4 is 86.9 Å². The molecule has 0 radical (unpaired) electrons. The minimum Gasteiger partial charge on any atom is -0.496 e. The smallest absolute Gasteiger partial charge is 0.203 e. The third kappa shape index (κ3) is 29.2. The number of benzene rings is 4. The van der Waals surface area contributed by atoms with Gasteiger partial charge >= 0.3 is 0 Å². The number of nitrogens with one attached hydrogen (secondary N) is 4. The van der Waals surface area contributed by atoms with E-state index < -0.39 is 0 Å². The number of nitrogens with zero attached hydrogens (tertiary/aromatic N) is 4. The maximum Gasteiger partial charge on any atom is 0.203 e. The molecule has 0 aromatic heterocycles. The fraction of sp³-hybridized carbons (Fsp3) is 0.526. The Balaban J connectivity index is 0.000000348. The largest absolute Gasteiger partial charge is 0.496 e.